The fraction of sp³-hybridized carbons (Fsp3) is 0.786. The number of aryl methyl sites for hydroxylation is 2. The highest BCUT2D eigenvalue weighted by molar-refractivity contribution is 5.16. The molecule has 3 rings (SSSR count). The van der Waals surface area contributed by atoms with Gasteiger partial charge in [0.1, 0.15) is 6.61 Å². The van der Waals surface area contributed by atoms with Crippen LogP contribution in [-0.2, 0) is 17.7 Å². The van der Waals surface area contributed by atoms with Crippen molar-refractivity contribution >= 4 is 0 Å². The lowest BCUT2D eigenvalue weighted by atomic mass is 10.1. The standard InChI is InChI=1S/C14H23N3O2/c1-2-6-17-13(4-1)12-14(15-17)19-11-8-16-5-3-9-18-10-7-16/h12H,1-11H2. The molecule has 1 saturated heterocycles. The molecule has 106 valence electrons. The normalized spacial score (nSPS) is 20.8. The smallest absolute Gasteiger partial charge is 0.233 e. The van der Waals surface area contributed by atoms with Gasteiger partial charge in [-0.15, -0.1) is 5.10 Å². The Morgan fingerprint density at radius 1 is 1.16 bits per heavy atom. The molecule has 1 fully saturated rings. The van der Waals surface area contributed by atoms with Gasteiger partial charge in [0.05, 0.1) is 6.61 Å². The number of ether oxygens (including phenoxy) is 2. The third-order valence-electron chi connectivity index (χ3n) is 3.87. The minimum absolute atomic E-state index is 0.719. The van der Waals surface area contributed by atoms with Gasteiger partial charge in [0.25, 0.3) is 0 Å². The van der Waals surface area contributed by atoms with E-state index in [1.54, 1.807) is 0 Å². The van der Waals surface area contributed by atoms with Gasteiger partial charge in [0.15, 0.2) is 0 Å². The molecule has 0 aromatic carbocycles. The predicted octanol–water partition coefficient (Wildman–Crippen LogP) is 1.32. The topological polar surface area (TPSA) is 39.5 Å². The van der Waals surface area contributed by atoms with Crippen LogP contribution in [0.1, 0.15) is 25.0 Å². The second-order valence-corrected chi connectivity index (χ2v) is 5.31. The monoisotopic (exact) mass is 265 g/mol. The Morgan fingerprint density at radius 3 is 3.11 bits per heavy atom. The molecule has 1 aromatic rings. The van der Waals surface area contributed by atoms with E-state index in [1.165, 1.54) is 18.5 Å². The van der Waals surface area contributed by atoms with Crippen LogP contribution in [0.4, 0.5) is 0 Å². The van der Waals surface area contributed by atoms with Gasteiger partial charge in [0.2, 0.25) is 5.88 Å². The number of rotatable bonds is 4. The highest BCUT2D eigenvalue weighted by atomic mass is 16.5. The molecule has 0 aliphatic carbocycles. The van der Waals surface area contributed by atoms with Crippen molar-refractivity contribution in [1.82, 2.24) is 14.7 Å². The molecule has 5 heteroatoms. The first kappa shape index (κ1) is 12.9. The van der Waals surface area contributed by atoms with Gasteiger partial charge >= 0.3 is 0 Å². The van der Waals surface area contributed by atoms with Gasteiger partial charge in [-0.3, -0.25) is 9.58 Å². The van der Waals surface area contributed by atoms with Crippen LogP contribution in [0.5, 0.6) is 5.88 Å². The summed E-state index contributed by atoms with van der Waals surface area (Å²) in [4.78, 5) is 2.41. The van der Waals surface area contributed by atoms with Gasteiger partial charge < -0.3 is 9.47 Å². The summed E-state index contributed by atoms with van der Waals surface area (Å²) in [5.74, 6) is 0.794. The molecule has 3 heterocycles. The summed E-state index contributed by atoms with van der Waals surface area (Å²) in [5.41, 5.74) is 1.32. The lowest BCUT2D eigenvalue weighted by molar-refractivity contribution is 0.137. The van der Waals surface area contributed by atoms with Crippen molar-refractivity contribution < 1.29 is 9.47 Å². The summed E-state index contributed by atoms with van der Waals surface area (Å²) >= 11 is 0. The zero-order chi connectivity index (χ0) is 12.9. The maximum Gasteiger partial charge on any atom is 0.233 e. The van der Waals surface area contributed by atoms with Crippen LogP contribution in [0.15, 0.2) is 6.07 Å². The lowest BCUT2D eigenvalue weighted by Crippen LogP contribution is -2.30. The first-order valence-electron chi connectivity index (χ1n) is 7.41. The van der Waals surface area contributed by atoms with E-state index in [-0.39, 0.29) is 0 Å². The van der Waals surface area contributed by atoms with Crippen molar-refractivity contribution in [2.24, 2.45) is 0 Å². The van der Waals surface area contributed by atoms with E-state index in [0.717, 1.165) is 64.7 Å². The number of hydrogen-bond acceptors (Lipinski definition) is 4. The Balaban J connectivity index is 1.45. The molecule has 0 saturated carbocycles. The van der Waals surface area contributed by atoms with Crippen LogP contribution < -0.4 is 4.74 Å². The molecule has 5 nitrogen and oxygen atoms in total. The average molecular weight is 265 g/mol. The van der Waals surface area contributed by atoms with E-state index < -0.39 is 0 Å². The minimum atomic E-state index is 0.719. The van der Waals surface area contributed by atoms with Crippen molar-refractivity contribution in [2.45, 2.75) is 32.2 Å². The number of nitrogens with zero attached hydrogens (tertiary/aromatic N) is 3. The average Bonchev–Trinajstić information content (AvgIpc) is 2.66. The molecule has 0 bridgehead atoms. The van der Waals surface area contributed by atoms with E-state index in [9.17, 15) is 0 Å². The maximum atomic E-state index is 5.79. The molecule has 0 amide bonds. The number of aromatic nitrogens is 2. The Bertz CT molecular complexity index is 374. The number of hydrogen-bond donors (Lipinski definition) is 0. The molecule has 2 aliphatic rings. The van der Waals surface area contributed by atoms with Crippen LogP contribution in [-0.4, -0.2) is 54.1 Å². The largest absolute Gasteiger partial charge is 0.475 e. The van der Waals surface area contributed by atoms with E-state index in [1.807, 2.05) is 0 Å². The van der Waals surface area contributed by atoms with Crippen molar-refractivity contribution in [1.29, 1.82) is 0 Å². The molecule has 0 radical (unpaired) electrons. The Hall–Kier alpha value is -1.07. The molecule has 0 atom stereocenters. The van der Waals surface area contributed by atoms with Crippen molar-refractivity contribution in [3.8, 4) is 5.88 Å². The van der Waals surface area contributed by atoms with Gasteiger partial charge in [-0.2, -0.15) is 0 Å². The van der Waals surface area contributed by atoms with Crippen molar-refractivity contribution in [2.75, 3.05) is 39.5 Å². The Morgan fingerprint density at radius 2 is 2.16 bits per heavy atom. The SMILES string of the molecule is c1c(OCCN2CCCOCC2)nn2c1CCCC2. The third-order valence-corrected chi connectivity index (χ3v) is 3.87. The lowest BCUT2D eigenvalue weighted by Gasteiger charge is -2.18. The molecule has 2 aliphatic heterocycles. The van der Waals surface area contributed by atoms with Gasteiger partial charge in [-0.05, 0) is 25.7 Å². The van der Waals surface area contributed by atoms with Crippen LogP contribution in [0.25, 0.3) is 0 Å². The van der Waals surface area contributed by atoms with Crippen LogP contribution in [0, 0.1) is 0 Å². The molecule has 0 N–H and O–H groups in total. The minimum Gasteiger partial charge on any atom is -0.475 e. The quantitative estimate of drug-likeness (QED) is 0.823. The summed E-state index contributed by atoms with van der Waals surface area (Å²) in [5, 5.41) is 4.50. The first-order chi connectivity index (χ1) is 9.42. The maximum absolute atomic E-state index is 5.79. The number of fused-ring (bicyclic) bond motifs is 1. The van der Waals surface area contributed by atoms with Crippen LogP contribution >= 0.6 is 0 Å². The molecule has 0 unspecified atom stereocenters. The van der Waals surface area contributed by atoms with E-state index >= 15 is 0 Å². The summed E-state index contributed by atoms with van der Waals surface area (Å²) < 4.78 is 13.3. The summed E-state index contributed by atoms with van der Waals surface area (Å²) in [7, 11) is 0. The highest BCUT2D eigenvalue weighted by Crippen LogP contribution is 2.19. The fourth-order valence-corrected chi connectivity index (χ4v) is 2.76. The second kappa shape index (κ2) is 6.39. The Kier molecular flexibility index (Phi) is 4.35. The molecular weight excluding hydrogens is 242 g/mol. The van der Waals surface area contributed by atoms with Crippen LogP contribution in [0.2, 0.25) is 0 Å². The predicted molar refractivity (Wildman–Crippen MR) is 72.5 cm³/mol. The molecule has 1 aromatic heterocycles. The van der Waals surface area contributed by atoms with Gasteiger partial charge in [0, 0.05) is 44.5 Å². The zero-order valence-corrected chi connectivity index (χ0v) is 11.5. The molecular formula is C14H23N3O2. The Labute approximate surface area is 114 Å². The second-order valence-electron chi connectivity index (χ2n) is 5.31. The van der Waals surface area contributed by atoms with E-state index in [2.05, 4.69) is 20.7 Å². The highest BCUT2D eigenvalue weighted by Gasteiger charge is 2.13. The summed E-state index contributed by atoms with van der Waals surface area (Å²) in [6, 6.07) is 2.10. The van der Waals surface area contributed by atoms with Gasteiger partial charge in [-0.1, -0.05) is 0 Å². The zero-order valence-electron chi connectivity index (χ0n) is 11.5. The van der Waals surface area contributed by atoms with E-state index in [4.69, 9.17) is 9.47 Å². The van der Waals surface area contributed by atoms with E-state index in [0.29, 0.717) is 0 Å². The fourth-order valence-electron chi connectivity index (χ4n) is 2.76. The van der Waals surface area contributed by atoms with Crippen molar-refractivity contribution in [3.63, 3.8) is 0 Å². The molecule has 0 spiro atoms. The summed E-state index contributed by atoms with van der Waals surface area (Å²) in [6.45, 7) is 6.60. The van der Waals surface area contributed by atoms with Crippen LogP contribution in [0.3, 0.4) is 0 Å². The van der Waals surface area contributed by atoms with Crippen molar-refractivity contribution in [3.05, 3.63) is 11.8 Å². The first-order valence-corrected chi connectivity index (χ1v) is 7.41. The van der Waals surface area contributed by atoms with Gasteiger partial charge in [-0.25, -0.2) is 0 Å². The third kappa shape index (κ3) is 3.48. The summed E-state index contributed by atoms with van der Waals surface area (Å²) in [6.07, 6.45) is 4.78. The molecule has 19 heavy (non-hydrogen) atoms.